The number of hydrogen-bond acceptors (Lipinski definition) is 4. The van der Waals surface area contributed by atoms with Gasteiger partial charge in [-0.3, -0.25) is 14.6 Å². The van der Waals surface area contributed by atoms with Gasteiger partial charge in [-0.1, -0.05) is 0 Å². The van der Waals surface area contributed by atoms with Gasteiger partial charge < -0.3 is 10.8 Å². The van der Waals surface area contributed by atoms with Crippen LogP contribution in [-0.2, 0) is 4.79 Å². The van der Waals surface area contributed by atoms with Gasteiger partial charge in [0.2, 0.25) is 0 Å². The van der Waals surface area contributed by atoms with Gasteiger partial charge in [0.25, 0.3) is 0 Å². The number of nitrogens with zero attached hydrogens (tertiary/aromatic N) is 2. The Kier molecular flexibility index (Phi) is 4.31. The average molecular weight is 201 g/mol. The molecule has 0 radical (unpaired) electrons. The lowest BCUT2D eigenvalue weighted by Crippen LogP contribution is -2.52. The number of hydrogen-bond donors (Lipinski definition) is 2. The lowest BCUT2D eigenvalue weighted by molar-refractivity contribution is -0.143. The van der Waals surface area contributed by atoms with Crippen LogP contribution in [0.1, 0.15) is 6.92 Å². The number of piperazine rings is 1. The molecule has 1 fully saturated rings. The van der Waals surface area contributed by atoms with Crippen molar-refractivity contribution in [3.63, 3.8) is 0 Å². The fraction of sp³-hybridized carbons (Fsp3) is 0.889. The van der Waals surface area contributed by atoms with Crippen LogP contribution in [0.3, 0.4) is 0 Å². The van der Waals surface area contributed by atoms with E-state index in [9.17, 15) is 4.79 Å². The Bertz CT molecular complexity index is 190. The standard InChI is InChI=1S/C9H19N3O2/c1-8(9(13)14)12-6-4-11(3-2-10)5-7-12/h8H,2-7,10H2,1H3,(H,13,14). The molecule has 1 heterocycles. The predicted octanol–water partition coefficient (Wildman–Crippen LogP) is -0.964. The van der Waals surface area contributed by atoms with Crippen molar-refractivity contribution in [3.05, 3.63) is 0 Å². The van der Waals surface area contributed by atoms with Gasteiger partial charge in [-0.05, 0) is 6.92 Å². The van der Waals surface area contributed by atoms with Crippen LogP contribution in [0.2, 0.25) is 0 Å². The maximum atomic E-state index is 10.7. The molecule has 0 aromatic heterocycles. The number of carboxylic acid groups (broad SMARTS) is 1. The Balaban J connectivity index is 2.31. The molecule has 3 N–H and O–H groups in total. The van der Waals surface area contributed by atoms with E-state index in [0.717, 1.165) is 32.7 Å². The van der Waals surface area contributed by atoms with Crippen LogP contribution < -0.4 is 5.73 Å². The van der Waals surface area contributed by atoms with Crippen LogP contribution >= 0.6 is 0 Å². The summed E-state index contributed by atoms with van der Waals surface area (Å²) in [6.45, 7) is 6.83. The first-order chi connectivity index (χ1) is 6.65. The molecule has 1 saturated heterocycles. The van der Waals surface area contributed by atoms with Gasteiger partial charge >= 0.3 is 5.97 Å². The highest BCUT2D eigenvalue weighted by atomic mass is 16.4. The van der Waals surface area contributed by atoms with Crippen molar-refractivity contribution in [1.29, 1.82) is 0 Å². The number of carboxylic acids is 1. The molecule has 5 heteroatoms. The quantitative estimate of drug-likeness (QED) is 0.613. The normalized spacial score (nSPS) is 22.1. The van der Waals surface area contributed by atoms with Crippen molar-refractivity contribution >= 4 is 5.97 Å². The summed E-state index contributed by atoms with van der Waals surface area (Å²) in [6, 6.07) is -0.366. The van der Waals surface area contributed by atoms with Gasteiger partial charge in [-0.2, -0.15) is 0 Å². The third-order valence-corrected chi connectivity index (χ3v) is 2.76. The molecule has 5 nitrogen and oxygen atoms in total. The van der Waals surface area contributed by atoms with E-state index in [0.29, 0.717) is 6.54 Å². The molecule has 0 aromatic carbocycles. The summed E-state index contributed by atoms with van der Waals surface area (Å²) < 4.78 is 0. The van der Waals surface area contributed by atoms with Gasteiger partial charge in [0.15, 0.2) is 0 Å². The highest BCUT2D eigenvalue weighted by Crippen LogP contribution is 2.05. The van der Waals surface area contributed by atoms with E-state index in [1.54, 1.807) is 6.92 Å². The molecule has 1 atom stereocenters. The van der Waals surface area contributed by atoms with Crippen LogP contribution in [-0.4, -0.2) is 66.2 Å². The van der Waals surface area contributed by atoms with Crippen molar-refractivity contribution < 1.29 is 9.90 Å². The van der Waals surface area contributed by atoms with Gasteiger partial charge in [0.05, 0.1) is 0 Å². The first kappa shape index (κ1) is 11.4. The van der Waals surface area contributed by atoms with E-state index in [-0.39, 0.29) is 6.04 Å². The largest absolute Gasteiger partial charge is 0.480 e. The molecule has 0 saturated carbocycles. The molecule has 1 aliphatic rings. The van der Waals surface area contributed by atoms with E-state index < -0.39 is 5.97 Å². The third-order valence-electron chi connectivity index (χ3n) is 2.76. The molecule has 0 aromatic rings. The van der Waals surface area contributed by atoms with Crippen LogP contribution in [0, 0.1) is 0 Å². The molecule has 14 heavy (non-hydrogen) atoms. The second-order valence-corrected chi connectivity index (χ2v) is 3.68. The second kappa shape index (κ2) is 5.29. The van der Waals surface area contributed by atoms with E-state index in [2.05, 4.69) is 4.90 Å². The lowest BCUT2D eigenvalue weighted by atomic mass is 10.2. The Hall–Kier alpha value is -0.650. The smallest absolute Gasteiger partial charge is 0.320 e. The van der Waals surface area contributed by atoms with Crippen molar-refractivity contribution in [2.45, 2.75) is 13.0 Å². The molecule has 1 aliphatic heterocycles. The van der Waals surface area contributed by atoms with Crippen molar-refractivity contribution in [3.8, 4) is 0 Å². The molecule has 0 aliphatic carbocycles. The molecule has 1 rings (SSSR count). The minimum absolute atomic E-state index is 0.366. The van der Waals surface area contributed by atoms with Crippen molar-refractivity contribution in [1.82, 2.24) is 9.80 Å². The minimum Gasteiger partial charge on any atom is -0.480 e. The number of carbonyl (C=O) groups is 1. The summed E-state index contributed by atoms with van der Waals surface area (Å²) in [4.78, 5) is 15.0. The van der Waals surface area contributed by atoms with E-state index in [1.807, 2.05) is 4.90 Å². The summed E-state index contributed by atoms with van der Waals surface area (Å²) in [5.41, 5.74) is 5.45. The van der Waals surface area contributed by atoms with Crippen LogP contribution in [0.4, 0.5) is 0 Å². The lowest BCUT2D eigenvalue weighted by Gasteiger charge is -2.36. The van der Waals surface area contributed by atoms with Gasteiger partial charge in [0.1, 0.15) is 6.04 Å². The highest BCUT2D eigenvalue weighted by molar-refractivity contribution is 5.72. The Morgan fingerprint density at radius 2 is 2.00 bits per heavy atom. The first-order valence-electron chi connectivity index (χ1n) is 5.04. The zero-order chi connectivity index (χ0) is 10.6. The van der Waals surface area contributed by atoms with Crippen molar-refractivity contribution in [2.24, 2.45) is 5.73 Å². The molecule has 1 unspecified atom stereocenters. The van der Waals surface area contributed by atoms with Crippen molar-refractivity contribution in [2.75, 3.05) is 39.3 Å². The van der Waals surface area contributed by atoms with E-state index >= 15 is 0 Å². The van der Waals surface area contributed by atoms with Gasteiger partial charge in [-0.15, -0.1) is 0 Å². The third kappa shape index (κ3) is 2.94. The van der Waals surface area contributed by atoms with Crippen LogP contribution in [0.25, 0.3) is 0 Å². The average Bonchev–Trinajstić information content (AvgIpc) is 2.18. The molecule has 0 amide bonds. The number of rotatable bonds is 4. The Morgan fingerprint density at radius 1 is 1.43 bits per heavy atom. The summed E-state index contributed by atoms with van der Waals surface area (Å²) in [5, 5.41) is 8.83. The number of aliphatic carboxylic acids is 1. The highest BCUT2D eigenvalue weighted by Gasteiger charge is 2.24. The zero-order valence-electron chi connectivity index (χ0n) is 8.65. The van der Waals surface area contributed by atoms with E-state index in [1.165, 1.54) is 0 Å². The second-order valence-electron chi connectivity index (χ2n) is 3.68. The predicted molar refractivity (Wildman–Crippen MR) is 54.2 cm³/mol. The monoisotopic (exact) mass is 201 g/mol. The minimum atomic E-state index is -0.739. The Labute approximate surface area is 84.5 Å². The molecule has 0 bridgehead atoms. The van der Waals surface area contributed by atoms with Gasteiger partial charge in [-0.25, -0.2) is 0 Å². The summed E-state index contributed by atoms with van der Waals surface area (Å²) in [6.07, 6.45) is 0. The zero-order valence-corrected chi connectivity index (χ0v) is 8.65. The fourth-order valence-corrected chi connectivity index (χ4v) is 1.71. The molecular weight excluding hydrogens is 182 g/mol. The summed E-state index contributed by atoms with van der Waals surface area (Å²) >= 11 is 0. The Morgan fingerprint density at radius 3 is 2.43 bits per heavy atom. The summed E-state index contributed by atoms with van der Waals surface area (Å²) in [5.74, 6) is -0.739. The van der Waals surface area contributed by atoms with Crippen LogP contribution in [0.15, 0.2) is 0 Å². The van der Waals surface area contributed by atoms with Crippen LogP contribution in [0.5, 0.6) is 0 Å². The molecule has 82 valence electrons. The molecule has 0 spiro atoms. The van der Waals surface area contributed by atoms with Gasteiger partial charge in [0, 0.05) is 39.3 Å². The molecular formula is C9H19N3O2. The number of nitrogens with two attached hydrogens (primary N) is 1. The fourth-order valence-electron chi connectivity index (χ4n) is 1.71. The maximum absolute atomic E-state index is 10.7. The summed E-state index contributed by atoms with van der Waals surface area (Å²) in [7, 11) is 0. The first-order valence-corrected chi connectivity index (χ1v) is 5.04. The topological polar surface area (TPSA) is 69.8 Å². The maximum Gasteiger partial charge on any atom is 0.320 e. The van der Waals surface area contributed by atoms with E-state index in [4.69, 9.17) is 10.8 Å². The SMILES string of the molecule is CC(C(=O)O)N1CCN(CCN)CC1.